The third-order valence-electron chi connectivity index (χ3n) is 5.63. The summed E-state index contributed by atoms with van der Waals surface area (Å²) in [5.74, 6) is -1.09. The van der Waals surface area contributed by atoms with Gasteiger partial charge in [0.25, 0.3) is 0 Å². The van der Waals surface area contributed by atoms with Gasteiger partial charge in [0.15, 0.2) is 0 Å². The summed E-state index contributed by atoms with van der Waals surface area (Å²) < 4.78 is 65.2. The van der Waals surface area contributed by atoms with Gasteiger partial charge in [-0.2, -0.15) is 13.2 Å². The van der Waals surface area contributed by atoms with E-state index in [0.717, 1.165) is 17.7 Å². The standard InChI is InChI=1S/C25H23F4NO4.ClH/c1-15-5-16(7-19(6-15)25(27,28)29)13-33-20-9-22(26)21-8-17(14-34-23(21)10-20)11-30-4-2-3-18(12-30)24(31)32;/h3,5-10H,2,4,11-14H2,1H3,(H,31,32);1H. The van der Waals surface area contributed by atoms with Crippen LogP contribution in [0, 0.1) is 12.7 Å². The second kappa shape index (κ2) is 10.7. The summed E-state index contributed by atoms with van der Waals surface area (Å²) in [7, 11) is 0. The van der Waals surface area contributed by atoms with Crippen LogP contribution in [0.4, 0.5) is 17.6 Å². The molecule has 0 aliphatic carbocycles. The van der Waals surface area contributed by atoms with Gasteiger partial charge in [0.05, 0.1) is 11.1 Å². The Balaban J connectivity index is 0.00000342. The van der Waals surface area contributed by atoms with Crippen LogP contribution >= 0.6 is 12.4 Å². The fourth-order valence-electron chi connectivity index (χ4n) is 4.08. The van der Waals surface area contributed by atoms with Crippen LogP contribution in [-0.4, -0.2) is 42.2 Å². The minimum absolute atomic E-state index is 0. The molecule has 0 saturated heterocycles. The highest BCUT2D eigenvalue weighted by Crippen LogP contribution is 2.34. The first-order valence-corrected chi connectivity index (χ1v) is 10.7. The number of carboxylic acid groups (broad SMARTS) is 1. The van der Waals surface area contributed by atoms with Gasteiger partial charge >= 0.3 is 12.1 Å². The number of nitrogens with zero attached hydrogens (tertiary/aromatic N) is 1. The maximum absolute atomic E-state index is 14.8. The van der Waals surface area contributed by atoms with Crippen molar-refractivity contribution in [1.82, 2.24) is 4.90 Å². The van der Waals surface area contributed by atoms with Crippen molar-refractivity contribution in [3.63, 3.8) is 0 Å². The summed E-state index contributed by atoms with van der Waals surface area (Å²) in [6.45, 7) is 3.09. The van der Waals surface area contributed by atoms with Gasteiger partial charge in [-0.1, -0.05) is 17.7 Å². The Hall–Kier alpha value is -3.04. The van der Waals surface area contributed by atoms with E-state index < -0.39 is 23.5 Å². The lowest BCUT2D eigenvalue weighted by molar-refractivity contribution is -0.137. The zero-order valence-corrected chi connectivity index (χ0v) is 19.6. The van der Waals surface area contributed by atoms with E-state index in [4.69, 9.17) is 9.47 Å². The predicted octanol–water partition coefficient (Wildman–Crippen LogP) is 5.65. The Labute approximate surface area is 206 Å². The van der Waals surface area contributed by atoms with Crippen molar-refractivity contribution in [2.45, 2.75) is 26.1 Å². The zero-order chi connectivity index (χ0) is 24.5. The molecule has 188 valence electrons. The first-order chi connectivity index (χ1) is 16.1. The molecule has 2 aliphatic heterocycles. The molecule has 35 heavy (non-hydrogen) atoms. The molecule has 4 rings (SSSR count). The summed E-state index contributed by atoms with van der Waals surface area (Å²) in [5, 5.41) is 9.19. The molecule has 2 aromatic carbocycles. The van der Waals surface area contributed by atoms with Crippen molar-refractivity contribution in [3.05, 3.63) is 75.6 Å². The molecule has 0 unspecified atom stereocenters. The van der Waals surface area contributed by atoms with Crippen molar-refractivity contribution >= 4 is 24.5 Å². The minimum Gasteiger partial charge on any atom is -0.489 e. The highest BCUT2D eigenvalue weighted by molar-refractivity contribution is 5.87. The Morgan fingerprint density at radius 2 is 1.97 bits per heavy atom. The molecule has 0 amide bonds. The van der Waals surface area contributed by atoms with E-state index in [0.29, 0.717) is 42.8 Å². The molecule has 0 saturated carbocycles. The van der Waals surface area contributed by atoms with Crippen molar-refractivity contribution in [2.75, 3.05) is 26.2 Å². The summed E-state index contributed by atoms with van der Waals surface area (Å²) >= 11 is 0. The predicted molar refractivity (Wildman–Crippen MR) is 124 cm³/mol. The molecule has 10 heteroatoms. The van der Waals surface area contributed by atoms with Crippen molar-refractivity contribution in [3.8, 4) is 11.5 Å². The number of hydrogen-bond acceptors (Lipinski definition) is 4. The van der Waals surface area contributed by atoms with E-state index in [1.165, 1.54) is 12.1 Å². The highest BCUT2D eigenvalue weighted by Gasteiger charge is 2.31. The molecule has 5 nitrogen and oxygen atoms in total. The first-order valence-electron chi connectivity index (χ1n) is 10.7. The van der Waals surface area contributed by atoms with E-state index in [9.17, 15) is 27.5 Å². The van der Waals surface area contributed by atoms with Crippen LogP contribution < -0.4 is 9.47 Å². The molecule has 0 spiro atoms. The van der Waals surface area contributed by atoms with Gasteiger partial charge in [0.1, 0.15) is 30.5 Å². The number of alkyl halides is 3. The van der Waals surface area contributed by atoms with Crippen molar-refractivity contribution in [2.24, 2.45) is 0 Å². The van der Waals surface area contributed by atoms with Crippen LogP contribution in [0.2, 0.25) is 0 Å². The maximum Gasteiger partial charge on any atom is 0.416 e. The lowest BCUT2D eigenvalue weighted by Crippen LogP contribution is -2.35. The second-order valence-corrected chi connectivity index (χ2v) is 8.44. The smallest absolute Gasteiger partial charge is 0.416 e. The average molecular weight is 514 g/mol. The number of hydrogen-bond donors (Lipinski definition) is 1. The van der Waals surface area contributed by atoms with Gasteiger partial charge in [-0.25, -0.2) is 9.18 Å². The molecular formula is C25H24ClF4NO4. The molecule has 0 bridgehead atoms. The zero-order valence-electron chi connectivity index (χ0n) is 18.8. The van der Waals surface area contributed by atoms with Crippen LogP contribution in [0.5, 0.6) is 11.5 Å². The van der Waals surface area contributed by atoms with Gasteiger partial charge in [-0.05, 0) is 42.7 Å². The molecule has 0 fully saturated rings. The van der Waals surface area contributed by atoms with Crippen molar-refractivity contribution in [1.29, 1.82) is 0 Å². The number of benzene rings is 2. The van der Waals surface area contributed by atoms with Gasteiger partial charge in [0, 0.05) is 37.3 Å². The summed E-state index contributed by atoms with van der Waals surface area (Å²) in [6, 6.07) is 6.34. The van der Waals surface area contributed by atoms with Gasteiger partial charge < -0.3 is 14.6 Å². The van der Waals surface area contributed by atoms with Crippen LogP contribution in [0.15, 0.2) is 47.6 Å². The van der Waals surface area contributed by atoms with E-state index in [1.54, 1.807) is 25.1 Å². The number of rotatable bonds is 6. The number of fused-ring (bicyclic) bond motifs is 1. The summed E-state index contributed by atoms with van der Waals surface area (Å²) in [6.07, 6.45) is -0.433. The third-order valence-corrected chi connectivity index (χ3v) is 5.63. The second-order valence-electron chi connectivity index (χ2n) is 8.44. The molecule has 2 heterocycles. The summed E-state index contributed by atoms with van der Waals surface area (Å²) in [4.78, 5) is 13.2. The normalized spacial score (nSPS) is 15.8. The Morgan fingerprint density at radius 1 is 1.20 bits per heavy atom. The number of aryl methyl sites for hydroxylation is 1. The Kier molecular flexibility index (Phi) is 8.12. The Bertz CT molecular complexity index is 1180. The van der Waals surface area contributed by atoms with E-state index in [2.05, 4.69) is 0 Å². The quantitative estimate of drug-likeness (QED) is 0.506. The van der Waals surface area contributed by atoms with Gasteiger partial charge in [-0.3, -0.25) is 4.90 Å². The number of halogens is 5. The monoisotopic (exact) mass is 513 g/mol. The van der Waals surface area contributed by atoms with Crippen LogP contribution in [0.3, 0.4) is 0 Å². The van der Waals surface area contributed by atoms with Gasteiger partial charge in [-0.15, -0.1) is 12.4 Å². The van der Waals surface area contributed by atoms with Crippen molar-refractivity contribution < 1.29 is 36.9 Å². The number of carboxylic acids is 1. The molecule has 0 atom stereocenters. The average Bonchev–Trinajstić information content (AvgIpc) is 2.77. The van der Waals surface area contributed by atoms with Crippen LogP contribution in [0.1, 0.15) is 28.7 Å². The topological polar surface area (TPSA) is 59.0 Å². The largest absolute Gasteiger partial charge is 0.489 e. The fourth-order valence-corrected chi connectivity index (χ4v) is 4.08. The lowest BCUT2D eigenvalue weighted by atomic mass is 10.0. The maximum atomic E-state index is 14.8. The van der Waals surface area contributed by atoms with E-state index in [1.807, 2.05) is 4.90 Å². The number of ether oxygens (including phenoxy) is 2. The van der Waals surface area contributed by atoms with Crippen LogP contribution in [0.25, 0.3) is 6.08 Å². The Morgan fingerprint density at radius 3 is 2.69 bits per heavy atom. The molecular weight excluding hydrogens is 490 g/mol. The summed E-state index contributed by atoms with van der Waals surface area (Å²) in [5.41, 5.74) is 1.42. The molecule has 0 radical (unpaired) electrons. The number of aliphatic carboxylic acids is 1. The highest BCUT2D eigenvalue weighted by atomic mass is 35.5. The first kappa shape index (κ1) is 26.6. The van der Waals surface area contributed by atoms with Crippen LogP contribution in [-0.2, 0) is 17.6 Å². The number of carbonyl (C=O) groups is 1. The molecule has 1 N–H and O–H groups in total. The third kappa shape index (κ3) is 6.55. The van der Waals surface area contributed by atoms with E-state index in [-0.39, 0.29) is 42.7 Å². The molecule has 2 aromatic rings. The van der Waals surface area contributed by atoms with Gasteiger partial charge in [0.2, 0.25) is 0 Å². The fraction of sp³-hybridized carbons (Fsp3) is 0.320. The molecule has 2 aliphatic rings. The SMILES string of the molecule is Cc1cc(COc2cc(F)c3c(c2)OCC(CN2CCC=C(C(=O)O)C2)=C3)cc(C(F)(F)F)c1.Cl. The lowest BCUT2D eigenvalue weighted by Gasteiger charge is -2.28. The molecule has 0 aromatic heterocycles. The van der Waals surface area contributed by atoms with E-state index >= 15 is 0 Å². The minimum atomic E-state index is -4.46.